The van der Waals surface area contributed by atoms with Gasteiger partial charge in [0, 0.05) is 29.5 Å². The van der Waals surface area contributed by atoms with E-state index in [1.165, 1.54) is 5.56 Å². The summed E-state index contributed by atoms with van der Waals surface area (Å²) >= 11 is 17.8. The van der Waals surface area contributed by atoms with Crippen LogP contribution in [0.1, 0.15) is 29.5 Å². The first-order valence-electron chi connectivity index (χ1n) is 9.33. The van der Waals surface area contributed by atoms with Crippen LogP contribution in [0.5, 0.6) is 0 Å². The average Bonchev–Trinajstić information content (AvgIpc) is 2.62. The van der Waals surface area contributed by atoms with E-state index in [9.17, 15) is 0 Å². The second-order valence-corrected chi connectivity index (χ2v) is 8.62. The van der Waals surface area contributed by atoms with Crippen molar-refractivity contribution in [1.29, 1.82) is 0 Å². The third-order valence-electron chi connectivity index (χ3n) is 5.07. The van der Waals surface area contributed by atoms with Gasteiger partial charge < -0.3 is 15.5 Å². The lowest BCUT2D eigenvalue weighted by Gasteiger charge is -2.30. The number of benzene rings is 2. The lowest BCUT2D eigenvalue weighted by atomic mass is 10.0. The molecule has 0 radical (unpaired) electrons. The number of anilines is 1. The van der Waals surface area contributed by atoms with Gasteiger partial charge in [0.2, 0.25) is 0 Å². The second kappa shape index (κ2) is 9.24. The molecule has 6 heteroatoms. The Kier molecular flexibility index (Phi) is 6.99. The van der Waals surface area contributed by atoms with Crippen LogP contribution in [0.4, 0.5) is 5.69 Å². The molecule has 3 rings (SSSR count). The van der Waals surface area contributed by atoms with Crippen molar-refractivity contribution in [2.24, 2.45) is 0 Å². The SMILES string of the molecule is Cc1cc(C)c(NC(=S)NC2CC[NH+](Cc3ccc(Cl)cc3)CC2)c(Cl)c1. The summed E-state index contributed by atoms with van der Waals surface area (Å²) in [4.78, 5) is 1.60. The Balaban J connectivity index is 1.47. The molecule has 144 valence electrons. The van der Waals surface area contributed by atoms with Crippen LogP contribution in [0.15, 0.2) is 36.4 Å². The number of quaternary nitrogens is 1. The van der Waals surface area contributed by atoms with Gasteiger partial charge in [-0.3, -0.25) is 0 Å². The molecule has 0 aromatic heterocycles. The zero-order valence-electron chi connectivity index (χ0n) is 15.7. The first-order chi connectivity index (χ1) is 12.9. The van der Waals surface area contributed by atoms with Gasteiger partial charge in [-0.2, -0.15) is 0 Å². The number of aryl methyl sites for hydroxylation is 2. The maximum absolute atomic E-state index is 6.37. The van der Waals surface area contributed by atoms with Crippen LogP contribution in [0.2, 0.25) is 10.0 Å². The molecule has 0 atom stereocenters. The van der Waals surface area contributed by atoms with Gasteiger partial charge in [-0.1, -0.05) is 41.4 Å². The average molecular weight is 423 g/mol. The Morgan fingerprint density at radius 2 is 1.78 bits per heavy atom. The number of hydrogen-bond acceptors (Lipinski definition) is 1. The molecule has 1 saturated heterocycles. The number of hydrogen-bond donors (Lipinski definition) is 3. The van der Waals surface area contributed by atoms with Gasteiger partial charge >= 0.3 is 0 Å². The highest BCUT2D eigenvalue weighted by molar-refractivity contribution is 7.80. The minimum absolute atomic E-state index is 0.406. The van der Waals surface area contributed by atoms with Crippen molar-refractivity contribution in [3.63, 3.8) is 0 Å². The normalized spacial score (nSPS) is 19.6. The van der Waals surface area contributed by atoms with Crippen LogP contribution in [0.3, 0.4) is 0 Å². The van der Waals surface area contributed by atoms with Crippen LogP contribution >= 0.6 is 35.4 Å². The number of halogens is 2. The van der Waals surface area contributed by atoms with Gasteiger partial charge in [0.25, 0.3) is 0 Å². The Bertz CT molecular complexity index is 777. The van der Waals surface area contributed by atoms with E-state index in [1.807, 2.05) is 32.0 Å². The fraction of sp³-hybridized carbons (Fsp3) is 0.381. The zero-order valence-corrected chi connectivity index (χ0v) is 18.1. The van der Waals surface area contributed by atoms with E-state index >= 15 is 0 Å². The monoisotopic (exact) mass is 422 g/mol. The van der Waals surface area contributed by atoms with Gasteiger partial charge in [0.05, 0.1) is 23.8 Å². The molecule has 1 fully saturated rings. The molecular weight excluding hydrogens is 397 g/mol. The summed E-state index contributed by atoms with van der Waals surface area (Å²) in [6.45, 7) is 7.40. The number of thiocarbonyl (C=S) groups is 1. The highest BCUT2D eigenvalue weighted by atomic mass is 35.5. The Labute approximate surface area is 177 Å². The smallest absolute Gasteiger partial charge is 0.171 e. The third-order valence-corrected chi connectivity index (χ3v) is 5.84. The summed E-state index contributed by atoms with van der Waals surface area (Å²) in [7, 11) is 0. The quantitative estimate of drug-likeness (QED) is 0.646. The third kappa shape index (κ3) is 5.82. The van der Waals surface area contributed by atoms with Crippen molar-refractivity contribution in [1.82, 2.24) is 5.32 Å². The molecule has 3 nitrogen and oxygen atoms in total. The summed E-state index contributed by atoms with van der Waals surface area (Å²) < 4.78 is 0. The molecule has 1 aliphatic heterocycles. The predicted octanol–water partition coefficient (Wildman–Crippen LogP) is 4.14. The standard InChI is InChI=1S/C21H25Cl2N3S/c1-14-11-15(2)20(19(23)12-14)25-21(27)24-18-7-9-26(10-8-18)13-16-3-5-17(22)6-4-16/h3-6,11-12,18H,7-10,13H2,1-2H3,(H2,24,25,27)/p+1. The van der Waals surface area contributed by atoms with Crippen LogP contribution in [-0.4, -0.2) is 24.2 Å². The van der Waals surface area contributed by atoms with Crippen LogP contribution < -0.4 is 15.5 Å². The molecule has 0 bridgehead atoms. The first kappa shape index (κ1) is 20.4. The maximum Gasteiger partial charge on any atom is 0.171 e. The molecule has 0 saturated carbocycles. The number of likely N-dealkylation sites (tertiary alicyclic amines) is 1. The minimum atomic E-state index is 0.406. The van der Waals surface area contributed by atoms with Crippen LogP contribution in [-0.2, 0) is 6.54 Å². The predicted molar refractivity (Wildman–Crippen MR) is 119 cm³/mol. The summed E-state index contributed by atoms with van der Waals surface area (Å²) in [5.41, 5.74) is 4.48. The molecule has 2 aromatic carbocycles. The lowest BCUT2D eigenvalue weighted by Crippen LogP contribution is -3.12. The summed E-state index contributed by atoms with van der Waals surface area (Å²) in [6, 6.07) is 12.6. The Morgan fingerprint density at radius 1 is 1.11 bits per heavy atom. The van der Waals surface area contributed by atoms with E-state index in [2.05, 4.69) is 28.8 Å². The van der Waals surface area contributed by atoms with Crippen LogP contribution in [0, 0.1) is 13.8 Å². The van der Waals surface area contributed by atoms with E-state index in [-0.39, 0.29) is 0 Å². The summed E-state index contributed by atoms with van der Waals surface area (Å²) in [5.74, 6) is 0. The second-order valence-electron chi connectivity index (χ2n) is 7.36. The number of rotatable bonds is 4. The van der Waals surface area contributed by atoms with Gasteiger partial charge in [-0.25, -0.2) is 0 Å². The molecule has 0 aliphatic carbocycles. The van der Waals surface area contributed by atoms with Gasteiger partial charge in [-0.05, 0) is 55.4 Å². The van der Waals surface area contributed by atoms with Crippen molar-refractivity contribution >= 4 is 46.2 Å². The lowest BCUT2D eigenvalue weighted by molar-refractivity contribution is -0.918. The topological polar surface area (TPSA) is 28.5 Å². The number of piperidine rings is 1. The van der Waals surface area contributed by atoms with E-state index < -0.39 is 0 Å². The van der Waals surface area contributed by atoms with Gasteiger partial charge in [0.15, 0.2) is 5.11 Å². The maximum atomic E-state index is 6.37. The van der Waals surface area contributed by atoms with E-state index in [0.29, 0.717) is 16.2 Å². The van der Waals surface area contributed by atoms with E-state index in [4.69, 9.17) is 35.4 Å². The van der Waals surface area contributed by atoms with Crippen molar-refractivity contribution in [3.05, 3.63) is 63.1 Å². The minimum Gasteiger partial charge on any atom is -0.359 e. The zero-order chi connectivity index (χ0) is 19.4. The molecule has 0 unspecified atom stereocenters. The number of nitrogens with one attached hydrogen (secondary N) is 3. The first-order valence-corrected chi connectivity index (χ1v) is 10.5. The highest BCUT2D eigenvalue weighted by Gasteiger charge is 2.23. The molecule has 3 N–H and O–H groups in total. The molecule has 1 aliphatic rings. The van der Waals surface area contributed by atoms with Crippen LogP contribution in [0.25, 0.3) is 0 Å². The highest BCUT2D eigenvalue weighted by Crippen LogP contribution is 2.27. The Hall–Kier alpha value is -1.33. The molecular formula is C21H26Cl2N3S+. The van der Waals surface area contributed by atoms with Crippen molar-refractivity contribution < 1.29 is 4.90 Å². The fourth-order valence-electron chi connectivity index (χ4n) is 3.65. The van der Waals surface area contributed by atoms with Crippen molar-refractivity contribution in [2.45, 2.75) is 39.3 Å². The molecule has 1 heterocycles. The Morgan fingerprint density at radius 3 is 2.41 bits per heavy atom. The van der Waals surface area contributed by atoms with Crippen molar-refractivity contribution in [3.8, 4) is 0 Å². The van der Waals surface area contributed by atoms with Crippen molar-refractivity contribution in [2.75, 3.05) is 18.4 Å². The molecule has 0 spiro atoms. The summed E-state index contributed by atoms with van der Waals surface area (Å²) in [6.07, 6.45) is 2.21. The fourth-order valence-corrected chi connectivity index (χ4v) is 4.41. The molecule has 27 heavy (non-hydrogen) atoms. The molecule has 2 aromatic rings. The largest absolute Gasteiger partial charge is 0.359 e. The van der Waals surface area contributed by atoms with E-state index in [0.717, 1.165) is 54.3 Å². The summed E-state index contributed by atoms with van der Waals surface area (Å²) in [5, 5.41) is 8.89. The van der Waals surface area contributed by atoms with Gasteiger partial charge in [0.1, 0.15) is 6.54 Å². The van der Waals surface area contributed by atoms with Gasteiger partial charge in [-0.15, -0.1) is 0 Å². The molecule has 0 amide bonds. The van der Waals surface area contributed by atoms with E-state index in [1.54, 1.807) is 4.90 Å².